The topological polar surface area (TPSA) is 110 Å². The number of carbonyl (C=O) groups is 1. The fourth-order valence-corrected chi connectivity index (χ4v) is 8.54. The van der Waals surface area contributed by atoms with Crippen LogP contribution in [-0.2, 0) is 13.9 Å². The molecule has 1 N–H and O–H groups in total. The number of phosphoric ester groups is 1. The fraction of sp³-hybridized carbons (Fsp3) is 0.864. The molecule has 4 rings (SSSR count). The van der Waals surface area contributed by atoms with Crippen LogP contribution in [0.3, 0.4) is 0 Å². The van der Waals surface area contributed by atoms with Gasteiger partial charge in [0.2, 0.25) is 0 Å². The summed E-state index contributed by atoms with van der Waals surface area (Å²) < 4.78 is 15.8. The van der Waals surface area contributed by atoms with E-state index in [4.69, 9.17) is 4.52 Å². The molecule has 8 atom stereocenters. The Hall–Kier alpha value is -0.520. The molecule has 164 valence electrons. The zero-order valence-corrected chi connectivity index (χ0v) is 18.7. The van der Waals surface area contributed by atoms with E-state index in [1.54, 1.807) is 0 Å². The van der Waals surface area contributed by atoms with Crippen molar-refractivity contribution >= 4 is 13.6 Å². The van der Waals surface area contributed by atoms with E-state index in [1.165, 1.54) is 12.5 Å². The smallest absolute Gasteiger partial charge is 0.162 e. The first kappa shape index (κ1) is 21.7. The zero-order chi connectivity index (χ0) is 21.4. The molecule has 3 fully saturated rings. The largest absolute Gasteiger partial charge is 0.790 e. The number of carbonyl (C=O) groups excluding carboxylic acids is 1. The summed E-state index contributed by atoms with van der Waals surface area (Å²) in [6.45, 7) is 7.93. The van der Waals surface area contributed by atoms with Crippen molar-refractivity contribution in [2.45, 2.75) is 84.3 Å². The molecular formula is C22H33O6P-2. The third kappa shape index (κ3) is 3.05. The number of hydrogen-bond donors (Lipinski definition) is 1. The monoisotopic (exact) mass is 424 g/mol. The van der Waals surface area contributed by atoms with Crippen molar-refractivity contribution in [1.82, 2.24) is 0 Å². The molecule has 0 radical (unpaired) electrons. The fourth-order valence-electron chi connectivity index (χ4n) is 7.99. The van der Waals surface area contributed by atoms with E-state index in [-0.39, 0.29) is 22.5 Å². The van der Waals surface area contributed by atoms with Crippen LogP contribution >= 0.6 is 7.82 Å². The second kappa shape index (κ2) is 6.74. The van der Waals surface area contributed by atoms with Crippen molar-refractivity contribution in [3.63, 3.8) is 0 Å². The van der Waals surface area contributed by atoms with Gasteiger partial charge in [0.25, 0.3) is 0 Å². The van der Waals surface area contributed by atoms with E-state index in [1.807, 2.05) is 6.92 Å². The molecule has 0 heterocycles. The Morgan fingerprint density at radius 3 is 2.55 bits per heavy atom. The maximum atomic E-state index is 12.5. The Kier molecular flexibility index (Phi) is 5.04. The lowest BCUT2D eigenvalue weighted by atomic mass is 9.46. The summed E-state index contributed by atoms with van der Waals surface area (Å²) in [6.07, 6.45) is 7.11. The predicted octanol–water partition coefficient (Wildman–Crippen LogP) is 2.73. The highest BCUT2D eigenvalue weighted by Crippen LogP contribution is 2.68. The molecule has 6 nitrogen and oxygen atoms in total. The average molecular weight is 424 g/mol. The van der Waals surface area contributed by atoms with Crippen molar-refractivity contribution in [1.29, 1.82) is 0 Å². The van der Waals surface area contributed by atoms with Crippen LogP contribution in [0.1, 0.15) is 72.6 Å². The molecule has 0 spiro atoms. The summed E-state index contributed by atoms with van der Waals surface area (Å²) in [6, 6.07) is 0. The third-order valence-electron chi connectivity index (χ3n) is 9.45. The number of hydrogen-bond acceptors (Lipinski definition) is 6. The summed E-state index contributed by atoms with van der Waals surface area (Å²) in [5.74, 6) is 1.02. The lowest BCUT2D eigenvalue weighted by Crippen LogP contribution is -2.58. The molecule has 0 bridgehead atoms. The van der Waals surface area contributed by atoms with Gasteiger partial charge in [0.05, 0.1) is 13.9 Å². The van der Waals surface area contributed by atoms with Gasteiger partial charge in [-0.2, -0.15) is 0 Å². The molecule has 4 aliphatic rings. The Bertz CT molecular complexity index is 788. The van der Waals surface area contributed by atoms with E-state index in [9.17, 15) is 24.3 Å². The Balaban J connectivity index is 1.62. The van der Waals surface area contributed by atoms with Crippen LogP contribution in [0.25, 0.3) is 0 Å². The first-order chi connectivity index (χ1) is 13.3. The van der Waals surface area contributed by atoms with E-state index in [0.717, 1.165) is 32.1 Å². The van der Waals surface area contributed by atoms with Gasteiger partial charge in [-0.05, 0) is 81.0 Å². The number of ketones is 1. The minimum Gasteiger partial charge on any atom is -0.790 e. The van der Waals surface area contributed by atoms with Crippen LogP contribution in [0.2, 0.25) is 0 Å². The Morgan fingerprint density at radius 1 is 1.24 bits per heavy atom. The van der Waals surface area contributed by atoms with Crippen LogP contribution in [0.15, 0.2) is 11.6 Å². The lowest BCUT2D eigenvalue weighted by Gasteiger charge is -2.59. The third-order valence-corrected chi connectivity index (χ3v) is 10.0. The Morgan fingerprint density at radius 2 is 1.93 bits per heavy atom. The molecular weight excluding hydrogens is 391 g/mol. The molecule has 29 heavy (non-hydrogen) atoms. The highest BCUT2D eigenvalue weighted by Gasteiger charge is 2.67. The average Bonchev–Trinajstić information content (AvgIpc) is 2.82. The highest BCUT2D eigenvalue weighted by atomic mass is 31.2. The van der Waals surface area contributed by atoms with Gasteiger partial charge in [-0.3, -0.25) is 4.79 Å². The van der Waals surface area contributed by atoms with Crippen molar-refractivity contribution in [3.8, 4) is 0 Å². The molecule has 4 aliphatic carbocycles. The quantitative estimate of drug-likeness (QED) is 0.551. The summed E-state index contributed by atoms with van der Waals surface area (Å²) in [4.78, 5) is 34.6. The van der Waals surface area contributed by atoms with Crippen molar-refractivity contribution < 1.29 is 28.8 Å². The van der Waals surface area contributed by atoms with Gasteiger partial charge >= 0.3 is 0 Å². The minimum atomic E-state index is -4.97. The van der Waals surface area contributed by atoms with E-state index < -0.39 is 19.5 Å². The SMILES string of the molecule is CC(=O)[C@@]1(O)[C@H](C)C[C@H]2[C@@H]3CC=C4C[C@H](OP(=O)([O-])[O-])CC[C@]4(C)[C@@H]3CC[C@@]21C. The summed E-state index contributed by atoms with van der Waals surface area (Å²) in [5, 5.41) is 11.5. The van der Waals surface area contributed by atoms with Crippen LogP contribution < -0.4 is 9.79 Å². The first-order valence-corrected chi connectivity index (χ1v) is 12.4. The highest BCUT2D eigenvalue weighted by molar-refractivity contribution is 7.43. The maximum Gasteiger partial charge on any atom is 0.162 e. The van der Waals surface area contributed by atoms with Gasteiger partial charge in [0.15, 0.2) is 5.78 Å². The predicted molar refractivity (Wildman–Crippen MR) is 104 cm³/mol. The van der Waals surface area contributed by atoms with Crippen LogP contribution in [0, 0.1) is 34.5 Å². The summed E-state index contributed by atoms with van der Waals surface area (Å²) in [7, 11) is -4.97. The second-order valence-electron chi connectivity index (χ2n) is 10.6. The summed E-state index contributed by atoms with van der Waals surface area (Å²) >= 11 is 0. The normalized spacial score (nSPS) is 49.6. The van der Waals surface area contributed by atoms with E-state index in [0.29, 0.717) is 30.6 Å². The summed E-state index contributed by atoms with van der Waals surface area (Å²) in [5.41, 5.74) is -0.443. The molecule has 0 amide bonds. The molecule has 0 aromatic heterocycles. The molecule has 7 heteroatoms. The number of Topliss-reactive ketones (excluding diaryl/α,β-unsaturated/α-hetero) is 1. The van der Waals surface area contributed by atoms with Gasteiger partial charge < -0.3 is 24.0 Å². The van der Waals surface area contributed by atoms with Gasteiger partial charge in [0.1, 0.15) is 5.60 Å². The number of allylic oxidation sites excluding steroid dienone is 1. The molecule has 0 aliphatic heterocycles. The van der Waals surface area contributed by atoms with Gasteiger partial charge in [-0.15, -0.1) is 0 Å². The van der Waals surface area contributed by atoms with Gasteiger partial charge in [0, 0.05) is 5.41 Å². The molecule has 0 aromatic carbocycles. The number of phosphoric acid groups is 1. The van der Waals surface area contributed by atoms with Crippen molar-refractivity contribution in [3.05, 3.63) is 11.6 Å². The number of rotatable bonds is 3. The number of fused-ring (bicyclic) bond motifs is 5. The maximum absolute atomic E-state index is 12.5. The van der Waals surface area contributed by atoms with E-state index in [2.05, 4.69) is 19.9 Å². The molecule has 0 saturated heterocycles. The van der Waals surface area contributed by atoms with Crippen LogP contribution in [0.4, 0.5) is 0 Å². The molecule has 0 unspecified atom stereocenters. The zero-order valence-electron chi connectivity index (χ0n) is 17.8. The standard InChI is InChI=1S/C22H35O6P/c1-13-11-19-17-6-5-15-12-16(28-29(25,26)27)7-9-20(15,3)18(17)8-10-21(19,4)22(13,24)14(2)23/h5,13,16-19,24H,6-12H2,1-4H3,(H2,25,26,27)/p-2/t13-,16-,17-,18-,19+,20+,21+,22+/m1/s1. The molecule has 0 aromatic rings. The van der Waals surface area contributed by atoms with Gasteiger partial charge in [-0.25, -0.2) is 0 Å². The molecule has 3 saturated carbocycles. The first-order valence-electron chi connectivity index (χ1n) is 11.0. The Labute approximate surface area is 173 Å². The lowest BCUT2D eigenvalue weighted by molar-refractivity contribution is -0.345. The van der Waals surface area contributed by atoms with Gasteiger partial charge in [-0.1, -0.05) is 32.4 Å². The second-order valence-corrected chi connectivity index (χ2v) is 11.7. The minimum absolute atomic E-state index is 0.0277. The van der Waals surface area contributed by atoms with Crippen molar-refractivity contribution in [2.24, 2.45) is 34.5 Å². The van der Waals surface area contributed by atoms with Crippen LogP contribution in [-0.4, -0.2) is 22.6 Å². The van der Waals surface area contributed by atoms with Crippen molar-refractivity contribution in [2.75, 3.05) is 0 Å². The van der Waals surface area contributed by atoms with Crippen LogP contribution in [0.5, 0.6) is 0 Å². The number of aliphatic hydroxyl groups is 1. The van der Waals surface area contributed by atoms with E-state index >= 15 is 0 Å².